The number of rotatable bonds is 4. The molecular formula is C11H9NO2. The molecule has 1 rings (SSSR count). The first kappa shape index (κ1) is 10.0. The van der Waals surface area contributed by atoms with Crippen LogP contribution in [-0.2, 0) is 0 Å². The number of aldehydes is 1. The van der Waals surface area contributed by atoms with Crippen molar-refractivity contribution in [2.45, 2.75) is 0 Å². The van der Waals surface area contributed by atoms with E-state index >= 15 is 0 Å². The summed E-state index contributed by atoms with van der Waals surface area (Å²) in [5.74, 6) is 0.471. The lowest BCUT2D eigenvalue weighted by molar-refractivity contribution is 0.112. The van der Waals surface area contributed by atoms with Crippen LogP contribution < -0.4 is 4.74 Å². The molecule has 70 valence electrons. The number of carbonyl (C=O) groups excluding carboxylic acids is 1. The van der Waals surface area contributed by atoms with E-state index < -0.39 is 0 Å². The third-order valence-corrected chi connectivity index (χ3v) is 1.62. The third kappa shape index (κ3) is 2.20. The number of ether oxygens (including phenoxy) is 1. The van der Waals surface area contributed by atoms with E-state index in [4.69, 9.17) is 10.00 Å². The number of hydrogen-bond donors (Lipinski definition) is 0. The molecule has 0 N–H and O–H groups in total. The highest BCUT2D eigenvalue weighted by Gasteiger charge is 2.03. The fourth-order valence-corrected chi connectivity index (χ4v) is 0.990. The highest BCUT2D eigenvalue weighted by Crippen LogP contribution is 2.17. The number of carbonyl (C=O) groups is 1. The Morgan fingerprint density at radius 3 is 2.93 bits per heavy atom. The normalized spacial score (nSPS) is 8.79. The Balaban J connectivity index is 3.00. The number of nitrogens with zero attached hydrogens (tertiary/aromatic N) is 1. The van der Waals surface area contributed by atoms with Gasteiger partial charge in [0.05, 0.1) is 17.2 Å². The van der Waals surface area contributed by atoms with Crippen molar-refractivity contribution >= 4 is 6.29 Å². The van der Waals surface area contributed by atoms with E-state index in [0.717, 1.165) is 0 Å². The minimum Gasteiger partial charge on any atom is -0.489 e. The largest absolute Gasteiger partial charge is 0.489 e. The zero-order valence-electron chi connectivity index (χ0n) is 7.56. The molecule has 0 bridgehead atoms. The Hall–Kier alpha value is -2.08. The van der Waals surface area contributed by atoms with Crippen molar-refractivity contribution in [3.8, 4) is 11.8 Å². The van der Waals surface area contributed by atoms with Gasteiger partial charge in [0.15, 0.2) is 6.29 Å². The maximum Gasteiger partial charge on any atom is 0.153 e. The van der Waals surface area contributed by atoms with Gasteiger partial charge < -0.3 is 4.74 Å². The van der Waals surface area contributed by atoms with Crippen LogP contribution in [0.4, 0.5) is 0 Å². The molecule has 0 fully saturated rings. The molecule has 0 aromatic heterocycles. The number of benzene rings is 1. The van der Waals surface area contributed by atoms with Crippen LogP contribution in [0.2, 0.25) is 0 Å². The summed E-state index contributed by atoms with van der Waals surface area (Å²) in [5, 5.41) is 8.60. The van der Waals surface area contributed by atoms with Gasteiger partial charge in [-0.1, -0.05) is 12.7 Å². The van der Waals surface area contributed by atoms with Crippen LogP contribution in [0, 0.1) is 11.3 Å². The zero-order chi connectivity index (χ0) is 10.4. The van der Waals surface area contributed by atoms with Gasteiger partial charge in [0, 0.05) is 0 Å². The lowest BCUT2D eigenvalue weighted by Crippen LogP contribution is -1.97. The Morgan fingerprint density at radius 2 is 2.36 bits per heavy atom. The first-order valence-electron chi connectivity index (χ1n) is 4.05. The molecule has 0 radical (unpaired) electrons. The van der Waals surface area contributed by atoms with Gasteiger partial charge in [-0.2, -0.15) is 5.26 Å². The molecule has 0 spiro atoms. The SMILES string of the molecule is C=CCOc1ccc(C#N)cc1C=O. The van der Waals surface area contributed by atoms with E-state index in [1.54, 1.807) is 18.2 Å². The zero-order valence-corrected chi connectivity index (χ0v) is 7.56. The molecule has 3 heteroatoms. The Bertz CT molecular complexity index is 391. The second-order valence-corrected chi connectivity index (χ2v) is 2.58. The van der Waals surface area contributed by atoms with Crippen LogP contribution in [0.3, 0.4) is 0 Å². The lowest BCUT2D eigenvalue weighted by atomic mass is 10.1. The molecule has 0 heterocycles. The quantitative estimate of drug-likeness (QED) is 0.534. The summed E-state index contributed by atoms with van der Waals surface area (Å²) in [6.07, 6.45) is 2.26. The van der Waals surface area contributed by atoms with Crippen LogP contribution in [0.1, 0.15) is 15.9 Å². The molecule has 1 aromatic carbocycles. The monoisotopic (exact) mass is 187 g/mol. The van der Waals surface area contributed by atoms with E-state index in [1.807, 2.05) is 6.07 Å². The maximum absolute atomic E-state index is 10.6. The van der Waals surface area contributed by atoms with Gasteiger partial charge in [-0.05, 0) is 18.2 Å². The molecule has 3 nitrogen and oxygen atoms in total. The molecule has 0 aliphatic heterocycles. The van der Waals surface area contributed by atoms with Gasteiger partial charge in [0.25, 0.3) is 0 Å². The molecule has 0 atom stereocenters. The van der Waals surface area contributed by atoms with Crippen LogP contribution in [-0.4, -0.2) is 12.9 Å². The van der Waals surface area contributed by atoms with Gasteiger partial charge in [0.2, 0.25) is 0 Å². The van der Waals surface area contributed by atoms with Crippen molar-refractivity contribution in [2.24, 2.45) is 0 Å². The Morgan fingerprint density at radius 1 is 1.57 bits per heavy atom. The van der Waals surface area contributed by atoms with Crippen LogP contribution in [0.5, 0.6) is 5.75 Å². The minimum absolute atomic E-state index is 0.340. The number of hydrogen-bond acceptors (Lipinski definition) is 3. The summed E-state index contributed by atoms with van der Waals surface area (Å²) in [6, 6.07) is 6.65. The predicted molar refractivity (Wildman–Crippen MR) is 52.2 cm³/mol. The first-order valence-corrected chi connectivity index (χ1v) is 4.05. The third-order valence-electron chi connectivity index (χ3n) is 1.62. The molecule has 0 amide bonds. The Kier molecular flexibility index (Phi) is 3.45. The first-order chi connectivity index (χ1) is 6.81. The summed E-state index contributed by atoms with van der Waals surface area (Å²) >= 11 is 0. The summed E-state index contributed by atoms with van der Waals surface area (Å²) in [5.41, 5.74) is 0.823. The summed E-state index contributed by atoms with van der Waals surface area (Å²) < 4.78 is 5.22. The lowest BCUT2D eigenvalue weighted by Gasteiger charge is -2.05. The van der Waals surface area contributed by atoms with Crippen molar-refractivity contribution in [3.63, 3.8) is 0 Å². The fraction of sp³-hybridized carbons (Fsp3) is 0.0909. The second kappa shape index (κ2) is 4.83. The van der Waals surface area contributed by atoms with Gasteiger partial charge in [-0.15, -0.1) is 0 Å². The minimum atomic E-state index is 0.340. The van der Waals surface area contributed by atoms with Crippen LogP contribution in [0.15, 0.2) is 30.9 Å². The standard InChI is InChI=1S/C11H9NO2/c1-2-5-14-11-4-3-9(7-12)6-10(11)8-13/h2-4,6,8H,1,5H2. The van der Waals surface area contributed by atoms with Crippen LogP contribution >= 0.6 is 0 Å². The molecule has 0 aliphatic carbocycles. The maximum atomic E-state index is 10.6. The average Bonchev–Trinajstić information content (AvgIpc) is 2.26. The topological polar surface area (TPSA) is 50.1 Å². The highest BCUT2D eigenvalue weighted by atomic mass is 16.5. The molecule has 0 unspecified atom stereocenters. The van der Waals surface area contributed by atoms with Gasteiger partial charge in [-0.3, -0.25) is 4.79 Å². The van der Waals surface area contributed by atoms with Crippen molar-refractivity contribution < 1.29 is 9.53 Å². The Labute approximate surface area is 82.2 Å². The molecule has 0 saturated carbocycles. The second-order valence-electron chi connectivity index (χ2n) is 2.58. The smallest absolute Gasteiger partial charge is 0.153 e. The van der Waals surface area contributed by atoms with Gasteiger partial charge in [-0.25, -0.2) is 0 Å². The number of nitriles is 1. The van der Waals surface area contributed by atoms with Crippen molar-refractivity contribution in [3.05, 3.63) is 42.0 Å². The molecule has 0 saturated heterocycles. The molecular weight excluding hydrogens is 178 g/mol. The van der Waals surface area contributed by atoms with Gasteiger partial charge >= 0.3 is 0 Å². The van der Waals surface area contributed by atoms with Crippen LogP contribution in [0.25, 0.3) is 0 Å². The summed E-state index contributed by atoms with van der Waals surface area (Å²) in [7, 11) is 0. The van der Waals surface area contributed by atoms with E-state index in [-0.39, 0.29) is 0 Å². The molecule has 0 aliphatic rings. The molecule has 1 aromatic rings. The molecule has 14 heavy (non-hydrogen) atoms. The van der Waals surface area contributed by atoms with Crippen molar-refractivity contribution in [2.75, 3.05) is 6.61 Å². The van der Waals surface area contributed by atoms with E-state index in [9.17, 15) is 4.79 Å². The van der Waals surface area contributed by atoms with Gasteiger partial charge in [0.1, 0.15) is 12.4 Å². The summed E-state index contributed by atoms with van der Waals surface area (Å²) in [4.78, 5) is 10.6. The van der Waals surface area contributed by atoms with E-state index in [1.165, 1.54) is 6.07 Å². The highest BCUT2D eigenvalue weighted by molar-refractivity contribution is 5.80. The fourth-order valence-electron chi connectivity index (χ4n) is 0.990. The average molecular weight is 187 g/mol. The predicted octanol–water partition coefficient (Wildman–Crippen LogP) is 1.94. The van der Waals surface area contributed by atoms with E-state index in [0.29, 0.717) is 29.8 Å². The van der Waals surface area contributed by atoms with Crippen molar-refractivity contribution in [1.29, 1.82) is 5.26 Å². The van der Waals surface area contributed by atoms with E-state index in [2.05, 4.69) is 6.58 Å². The summed E-state index contributed by atoms with van der Waals surface area (Å²) in [6.45, 7) is 3.84. The van der Waals surface area contributed by atoms with Crippen molar-refractivity contribution in [1.82, 2.24) is 0 Å².